The number of nitrogens with two attached hydrogens (primary N) is 1. The number of hydrogen-bond donors (Lipinski definition) is 2. The van der Waals surface area contributed by atoms with Crippen molar-refractivity contribution in [2.24, 2.45) is 5.73 Å². The molecule has 9 nitrogen and oxygen atoms in total. The zero-order valence-corrected chi connectivity index (χ0v) is 35.6. The van der Waals surface area contributed by atoms with Crippen molar-refractivity contribution in [1.29, 1.82) is 0 Å². The number of phosphoric ester groups is 1. The quantitative estimate of drug-likeness (QED) is 0.0208. The van der Waals surface area contributed by atoms with Crippen LogP contribution in [0.2, 0.25) is 0 Å². The first-order valence-corrected chi connectivity index (χ1v) is 22.2. The molecule has 57 heavy (non-hydrogen) atoms. The number of hydrogen-bond acceptors (Lipinski definition) is 8. The molecule has 0 aliphatic carbocycles. The zero-order valence-electron chi connectivity index (χ0n) is 34.8. The van der Waals surface area contributed by atoms with Gasteiger partial charge in [-0.25, -0.2) is 4.57 Å². The van der Waals surface area contributed by atoms with Crippen LogP contribution in [-0.2, 0) is 32.7 Å². The largest absolute Gasteiger partial charge is 0.472 e. The highest BCUT2D eigenvalue weighted by Gasteiger charge is 2.25. The van der Waals surface area contributed by atoms with E-state index < -0.39 is 32.5 Å². The molecule has 318 valence electrons. The van der Waals surface area contributed by atoms with Crippen LogP contribution in [-0.4, -0.2) is 49.3 Å². The van der Waals surface area contributed by atoms with Gasteiger partial charge in [0.2, 0.25) is 0 Å². The summed E-state index contributed by atoms with van der Waals surface area (Å²) < 4.78 is 32.6. The van der Waals surface area contributed by atoms with Gasteiger partial charge >= 0.3 is 19.8 Å². The van der Waals surface area contributed by atoms with Crippen molar-refractivity contribution in [3.05, 3.63) is 134 Å². The number of phosphoric acid groups is 1. The molecule has 0 aromatic rings. The molecule has 0 aromatic heterocycles. The molecule has 3 N–H and O–H groups in total. The number of allylic oxidation sites excluding steroid dienone is 22. The highest BCUT2D eigenvalue weighted by Crippen LogP contribution is 2.43. The first-order chi connectivity index (χ1) is 27.8. The minimum atomic E-state index is -4.41. The zero-order chi connectivity index (χ0) is 41.8. The van der Waals surface area contributed by atoms with Gasteiger partial charge in [-0.2, -0.15) is 0 Å². The van der Waals surface area contributed by atoms with Gasteiger partial charge in [0.25, 0.3) is 0 Å². The van der Waals surface area contributed by atoms with Crippen molar-refractivity contribution in [1.82, 2.24) is 0 Å². The van der Waals surface area contributed by atoms with E-state index >= 15 is 0 Å². The second-order valence-corrected chi connectivity index (χ2v) is 14.3. The molecule has 10 heteroatoms. The summed E-state index contributed by atoms with van der Waals surface area (Å²) in [5.74, 6) is -0.963. The van der Waals surface area contributed by atoms with E-state index in [1.54, 1.807) is 0 Å². The molecule has 2 unspecified atom stereocenters. The van der Waals surface area contributed by atoms with Gasteiger partial charge in [-0.1, -0.05) is 154 Å². The lowest BCUT2D eigenvalue weighted by atomic mass is 10.1. The second-order valence-electron chi connectivity index (χ2n) is 12.8. The summed E-state index contributed by atoms with van der Waals surface area (Å²) in [4.78, 5) is 34.8. The maximum Gasteiger partial charge on any atom is 0.472 e. The van der Waals surface area contributed by atoms with E-state index in [1.165, 1.54) is 0 Å². The van der Waals surface area contributed by atoms with E-state index in [9.17, 15) is 19.0 Å². The Labute approximate surface area is 344 Å². The summed E-state index contributed by atoms with van der Waals surface area (Å²) in [5, 5.41) is 0. The third-order valence-electron chi connectivity index (χ3n) is 7.63. The highest BCUT2D eigenvalue weighted by atomic mass is 31.2. The molecule has 0 amide bonds. The third-order valence-corrected chi connectivity index (χ3v) is 8.61. The topological polar surface area (TPSA) is 134 Å². The molecule has 0 saturated heterocycles. The Hall–Kier alpha value is -3.85. The Kier molecular flexibility index (Phi) is 39.0. The highest BCUT2D eigenvalue weighted by molar-refractivity contribution is 7.47. The molecule has 0 radical (unpaired) electrons. The van der Waals surface area contributed by atoms with E-state index in [1.807, 2.05) is 42.5 Å². The molecule has 2 atom stereocenters. The van der Waals surface area contributed by atoms with Crippen LogP contribution < -0.4 is 5.73 Å². The van der Waals surface area contributed by atoms with Gasteiger partial charge in [-0.15, -0.1) is 0 Å². The Morgan fingerprint density at radius 1 is 0.544 bits per heavy atom. The normalized spacial score (nSPS) is 14.7. The van der Waals surface area contributed by atoms with Crippen molar-refractivity contribution in [3.63, 3.8) is 0 Å². The molecule has 0 bridgehead atoms. The van der Waals surface area contributed by atoms with Crippen molar-refractivity contribution >= 4 is 19.8 Å². The lowest BCUT2D eigenvalue weighted by molar-refractivity contribution is -0.161. The fourth-order valence-electron chi connectivity index (χ4n) is 4.63. The number of unbranched alkanes of at least 4 members (excludes halogenated alkanes) is 4. The van der Waals surface area contributed by atoms with Crippen LogP contribution in [0.3, 0.4) is 0 Å². The van der Waals surface area contributed by atoms with E-state index in [4.69, 9.17) is 24.3 Å². The molecule has 0 saturated carbocycles. The monoisotopic (exact) mass is 809 g/mol. The van der Waals surface area contributed by atoms with Crippen LogP contribution in [0.1, 0.15) is 117 Å². The van der Waals surface area contributed by atoms with Crippen molar-refractivity contribution in [2.75, 3.05) is 26.4 Å². The maximum absolute atomic E-state index is 12.5. The number of rotatable bonds is 36. The fraction of sp³-hybridized carbons (Fsp3) is 0.489. The SMILES string of the molecule is CC/C=C/C=C/C=C/C=C/CCCCCC(=O)OC(COC(=O)CCC/C=C/C/C=C/C/C=C/C/C=C/C/C=C/C/C=C/C/C=C/CC)COP(=O)(O)OCCN. The summed E-state index contributed by atoms with van der Waals surface area (Å²) >= 11 is 0. The van der Waals surface area contributed by atoms with E-state index in [0.717, 1.165) is 70.6 Å². The number of ether oxygens (including phenoxy) is 2. The average molecular weight is 810 g/mol. The molecule has 0 heterocycles. The van der Waals surface area contributed by atoms with Crippen LogP contribution in [0.15, 0.2) is 134 Å². The number of carbonyl (C=O) groups is 2. The summed E-state index contributed by atoms with van der Waals surface area (Å²) in [6.07, 6.45) is 57.8. The molecular weight excluding hydrogens is 737 g/mol. The maximum atomic E-state index is 12.5. The molecule has 0 spiro atoms. The van der Waals surface area contributed by atoms with Crippen LogP contribution in [0.25, 0.3) is 0 Å². The Morgan fingerprint density at radius 2 is 1.02 bits per heavy atom. The van der Waals surface area contributed by atoms with Gasteiger partial charge in [-0.05, 0) is 83.5 Å². The van der Waals surface area contributed by atoms with Gasteiger partial charge in [0.05, 0.1) is 13.2 Å². The van der Waals surface area contributed by atoms with Gasteiger partial charge in [0, 0.05) is 19.4 Å². The smallest absolute Gasteiger partial charge is 0.462 e. The van der Waals surface area contributed by atoms with E-state index in [2.05, 4.69) is 105 Å². The summed E-state index contributed by atoms with van der Waals surface area (Å²) in [7, 11) is -4.41. The predicted molar refractivity (Wildman–Crippen MR) is 237 cm³/mol. The van der Waals surface area contributed by atoms with Crippen LogP contribution >= 0.6 is 7.82 Å². The number of carbonyl (C=O) groups excluding carboxylic acids is 2. The lowest BCUT2D eigenvalue weighted by Gasteiger charge is -2.19. The minimum Gasteiger partial charge on any atom is -0.462 e. The van der Waals surface area contributed by atoms with Crippen molar-refractivity contribution in [2.45, 2.75) is 123 Å². The molecule has 0 fully saturated rings. The summed E-state index contributed by atoms with van der Waals surface area (Å²) in [6.45, 7) is 3.31. The van der Waals surface area contributed by atoms with Crippen LogP contribution in [0, 0.1) is 0 Å². The third kappa shape index (κ3) is 41.6. The van der Waals surface area contributed by atoms with Gasteiger partial charge in [0.15, 0.2) is 6.10 Å². The lowest BCUT2D eigenvalue weighted by Crippen LogP contribution is -2.29. The van der Waals surface area contributed by atoms with Gasteiger partial charge in [0.1, 0.15) is 6.61 Å². The fourth-order valence-corrected chi connectivity index (χ4v) is 5.40. The Balaban J connectivity index is 4.35. The van der Waals surface area contributed by atoms with E-state index in [-0.39, 0.29) is 32.6 Å². The standard InChI is InChI=1S/C47H72NO8P/c1-3-5-7-9-11-13-15-17-18-19-20-21-22-23-24-25-26-28-29-31-33-35-37-39-46(49)53-43-45(44-55-57(51,52)54-42-41-48)56-47(50)40-38-36-34-32-30-27-16-14-12-10-8-6-4-2/h5-8,10-14,16-18,20-21,23-24,26-28,30-31,33,45H,3-4,9,15,19,22,25,29,32,34-44,48H2,1-2H3,(H,51,52)/b7-5+,8-6+,12-10+,13-11+,16-14+,18-17+,21-20+,24-23+,28-26+,30-27+,33-31+. The molecule has 0 aliphatic rings. The first kappa shape index (κ1) is 53.1. The van der Waals surface area contributed by atoms with Gasteiger partial charge < -0.3 is 20.1 Å². The van der Waals surface area contributed by atoms with Crippen molar-refractivity contribution in [3.8, 4) is 0 Å². The second kappa shape index (κ2) is 41.8. The molecule has 0 aromatic carbocycles. The van der Waals surface area contributed by atoms with Crippen LogP contribution in [0.4, 0.5) is 0 Å². The van der Waals surface area contributed by atoms with Crippen molar-refractivity contribution < 1.29 is 37.6 Å². The van der Waals surface area contributed by atoms with Crippen LogP contribution in [0.5, 0.6) is 0 Å². The predicted octanol–water partition coefficient (Wildman–Crippen LogP) is 11.9. The minimum absolute atomic E-state index is 0.0302. The molecule has 0 rings (SSSR count). The summed E-state index contributed by atoms with van der Waals surface area (Å²) in [5.41, 5.74) is 5.33. The number of esters is 2. The molecule has 0 aliphatic heterocycles. The Bertz CT molecular complexity index is 1380. The average Bonchev–Trinajstić information content (AvgIpc) is 3.20. The Morgan fingerprint density at radius 3 is 1.56 bits per heavy atom. The molecular formula is C47H72NO8P. The van der Waals surface area contributed by atoms with Gasteiger partial charge in [-0.3, -0.25) is 18.6 Å². The first-order valence-electron chi connectivity index (χ1n) is 20.7. The van der Waals surface area contributed by atoms with E-state index in [0.29, 0.717) is 19.3 Å². The summed E-state index contributed by atoms with van der Waals surface area (Å²) in [6, 6.07) is 0.